The van der Waals surface area contributed by atoms with Crippen molar-refractivity contribution in [2.24, 2.45) is 5.92 Å². The standard InChI is InChI=1S/C15H30N2O/c1-13(2)17-10-6-15(18,7-11-17)12-16-8-4-14(3)5-9-16/h13-14,18H,4-12H2,1-3H3. The largest absolute Gasteiger partial charge is 0.388 e. The summed E-state index contributed by atoms with van der Waals surface area (Å²) in [6, 6.07) is 0.616. The van der Waals surface area contributed by atoms with E-state index in [2.05, 4.69) is 30.6 Å². The Balaban J connectivity index is 1.79. The maximum atomic E-state index is 10.7. The highest BCUT2D eigenvalue weighted by Gasteiger charge is 2.35. The van der Waals surface area contributed by atoms with Crippen LogP contribution >= 0.6 is 0 Å². The third kappa shape index (κ3) is 3.69. The monoisotopic (exact) mass is 254 g/mol. The minimum Gasteiger partial charge on any atom is -0.388 e. The lowest BCUT2D eigenvalue weighted by atomic mass is 9.89. The lowest BCUT2D eigenvalue weighted by Crippen LogP contribution is -2.53. The molecule has 0 aromatic carbocycles. The fraction of sp³-hybridized carbons (Fsp3) is 1.00. The molecule has 2 fully saturated rings. The van der Waals surface area contributed by atoms with Gasteiger partial charge in [-0.15, -0.1) is 0 Å². The molecule has 3 nitrogen and oxygen atoms in total. The summed E-state index contributed by atoms with van der Waals surface area (Å²) in [7, 11) is 0. The Kier molecular flexibility index (Phi) is 4.68. The minimum absolute atomic E-state index is 0.425. The summed E-state index contributed by atoms with van der Waals surface area (Å²) < 4.78 is 0. The normalized spacial score (nSPS) is 27.8. The van der Waals surface area contributed by atoms with Gasteiger partial charge in [-0.25, -0.2) is 0 Å². The van der Waals surface area contributed by atoms with Gasteiger partial charge < -0.3 is 14.9 Å². The van der Waals surface area contributed by atoms with E-state index < -0.39 is 5.60 Å². The van der Waals surface area contributed by atoms with Crippen LogP contribution in [0.15, 0.2) is 0 Å². The highest BCUT2D eigenvalue weighted by atomic mass is 16.3. The zero-order chi connectivity index (χ0) is 13.2. The van der Waals surface area contributed by atoms with Gasteiger partial charge in [0.2, 0.25) is 0 Å². The third-order valence-corrected chi connectivity index (χ3v) is 4.85. The van der Waals surface area contributed by atoms with Crippen LogP contribution in [0, 0.1) is 5.92 Å². The first-order chi connectivity index (χ1) is 8.48. The number of hydrogen-bond acceptors (Lipinski definition) is 3. The van der Waals surface area contributed by atoms with Gasteiger partial charge in [0.25, 0.3) is 0 Å². The molecule has 0 aromatic heterocycles. The molecule has 2 aliphatic rings. The molecular weight excluding hydrogens is 224 g/mol. The smallest absolute Gasteiger partial charge is 0.0798 e. The molecule has 0 unspecified atom stereocenters. The van der Waals surface area contributed by atoms with E-state index in [0.717, 1.165) is 38.4 Å². The van der Waals surface area contributed by atoms with E-state index in [1.54, 1.807) is 0 Å². The average Bonchev–Trinajstić information content (AvgIpc) is 2.32. The highest BCUT2D eigenvalue weighted by Crippen LogP contribution is 2.26. The van der Waals surface area contributed by atoms with E-state index in [1.165, 1.54) is 25.9 Å². The van der Waals surface area contributed by atoms with Crippen LogP contribution in [0.5, 0.6) is 0 Å². The Labute approximate surface area is 112 Å². The Bertz CT molecular complexity index is 251. The summed E-state index contributed by atoms with van der Waals surface area (Å²) >= 11 is 0. The van der Waals surface area contributed by atoms with Gasteiger partial charge in [0.1, 0.15) is 0 Å². The molecule has 0 aromatic rings. The minimum atomic E-state index is -0.425. The van der Waals surface area contributed by atoms with Crippen LogP contribution in [0.2, 0.25) is 0 Å². The summed E-state index contributed by atoms with van der Waals surface area (Å²) in [5.74, 6) is 0.874. The molecule has 0 aliphatic carbocycles. The molecule has 2 rings (SSSR count). The van der Waals surface area contributed by atoms with Gasteiger partial charge in [0.05, 0.1) is 5.60 Å². The Morgan fingerprint density at radius 1 is 1.11 bits per heavy atom. The molecule has 0 radical (unpaired) electrons. The molecular formula is C15H30N2O. The van der Waals surface area contributed by atoms with Crippen LogP contribution in [0.25, 0.3) is 0 Å². The molecule has 2 aliphatic heterocycles. The molecule has 3 heteroatoms. The van der Waals surface area contributed by atoms with E-state index in [9.17, 15) is 5.11 Å². The van der Waals surface area contributed by atoms with Crippen LogP contribution in [0.3, 0.4) is 0 Å². The van der Waals surface area contributed by atoms with Gasteiger partial charge >= 0.3 is 0 Å². The SMILES string of the molecule is CC1CCN(CC2(O)CCN(C(C)C)CC2)CC1. The summed E-state index contributed by atoms with van der Waals surface area (Å²) in [4.78, 5) is 4.96. The molecule has 0 spiro atoms. The molecule has 0 saturated carbocycles. The van der Waals surface area contributed by atoms with Gasteiger partial charge in [-0.2, -0.15) is 0 Å². The average molecular weight is 254 g/mol. The first kappa shape index (κ1) is 14.3. The van der Waals surface area contributed by atoms with Crippen molar-refractivity contribution in [3.8, 4) is 0 Å². The van der Waals surface area contributed by atoms with Crippen molar-refractivity contribution < 1.29 is 5.11 Å². The molecule has 0 bridgehead atoms. The van der Waals surface area contributed by atoms with Crippen molar-refractivity contribution in [1.82, 2.24) is 9.80 Å². The van der Waals surface area contributed by atoms with Crippen molar-refractivity contribution in [1.29, 1.82) is 0 Å². The number of likely N-dealkylation sites (tertiary alicyclic amines) is 2. The second-order valence-electron chi connectivity index (χ2n) is 6.81. The zero-order valence-electron chi connectivity index (χ0n) is 12.4. The predicted octanol–water partition coefficient (Wildman–Crippen LogP) is 1.95. The van der Waals surface area contributed by atoms with Crippen molar-refractivity contribution in [3.05, 3.63) is 0 Å². The quantitative estimate of drug-likeness (QED) is 0.834. The summed E-state index contributed by atoms with van der Waals surface area (Å²) in [6.45, 7) is 12.2. The first-order valence-electron chi connectivity index (χ1n) is 7.67. The van der Waals surface area contributed by atoms with Crippen LogP contribution < -0.4 is 0 Å². The summed E-state index contributed by atoms with van der Waals surface area (Å²) in [6.07, 6.45) is 4.48. The topological polar surface area (TPSA) is 26.7 Å². The summed E-state index contributed by atoms with van der Waals surface area (Å²) in [5, 5.41) is 10.7. The van der Waals surface area contributed by atoms with Gasteiger partial charge in [0.15, 0.2) is 0 Å². The second-order valence-corrected chi connectivity index (χ2v) is 6.81. The van der Waals surface area contributed by atoms with E-state index in [4.69, 9.17) is 0 Å². The fourth-order valence-corrected chi connectivity index (χ4v) is 3.25. The van der Waals surface area contributed by atoms with E-state index in [0.29, 0.717) is 6.04 Å². The summed E-state index contributed by atoms with van der Waals surface area (Å²) in [5.41, 5.74) is -0.425. The predicted molar refractivity (Wildman–Crippen MR) is 75.7 cm³/mol. The fourth-order valence-electron chi connectivity index (χ4n) is 3.25. The first-order valence-corrected chi connectivity index (χ1v) is 7.67. The van der Waals surface area contributed by atoms with Crippen molar-refractivity contribution in [2.45, 2.75) is 58.1 Å². The van der Waals surface area contributed by atoms with Crippen LogP contribution in [0.4, 0.5) is 0 Å². The lowest BCUT2D eigenvalue weighted by Gasteiger charge is -2.43. The number of rotatable bonds is 3. The van der Waals surface area contributed by atoms with Crippen LogP contribution in [-0.2, 0) is 0 Å². The second kappa shape index (κ2) is 5.89. The van der Waals surface area contributed by atoms with Crippen molar-refractivity contribution >= 4 is 0 Å². The zero-order valence-corrected chi connectivity index (χ0v) is 12.4. The number of hydrogen-bond donors (Lipinski definition) is 1. The lowest BCUT2D eigenvalue weighted by molar-refractivity contribution is -0.0546. The molecule has 106 valence electrons. The number of aliphatic hydroxyl groups is 1. The molecule has 0 atom stereocenters. The molecule has 2 saturated heterocycles. The van der Waals surface area contributed by atoms with Gasteiger partial charge in [0, 0.05) is 25.7 Å². The van der Waals surface area contributed by atoms with Crippen LogP contribution in [0.1, 0.15) is 46.5 Å². The van der Waals surface area contributed by atoms with E-state index in [-0.39, 0.29) is 0 Å². The number of nitrogens with zero attached hydrogens (tertiary/aromatic N) is 2. The maximum absolute atomic E-state index is 10.7. The van der Waals surface area contributed by atoms with Gasteiger partial charge in [-0.1, -0.05) is 6.92 Å². The van der Waals surface area contributed by atoms with Gasteiger partial charge in [-0.3, -0.25) is 0 Å². The third-order valence-electron chi connectivity index (χ3n) is 4.85. The van der Waals surface area contributed by atoms with Crippen molar-refractivity contribution in [3.63, 3.8) is 0 Å². The van der Waals surface area contributed by atoms with E-state index in [1.807, 2.05) is 0 Å². The molecule has 18 heavy (non-hydrogen) atoms. The van der Waals surface area contributed by atoms with Gasteiger partial charge in [-0.05, 0) is 58.5 Å². The Morgan fingerprint density at radius 3 is 2.17 bits per heavy atom. The highest BCUT2D eigenvalue weighted by molar-refractivity contribution is 4.90. The maximum Gasteiger partial charge on any atom is 0.0798 e. The Hall–Kier alpha value is -0.120. The number of β-amino-alcohol motifs (C(OH)–C–C–N with tert-alkyl or cyclic N) is 1. The molecule has 1 N–H and O–H groups in total. The van der Waals surface area contributed by atoms with Crippen LogP contribution in [-0.4, -0.2) is 59.3 Å². The van der Waals surface area contributed by atoms with Crippen molar-refractivity contribution in [2.75, 3.05) is 32.7 Å². The molecule has 2 heterocycles. The number of piperidine rings is 2. The Morgan fingerprint density at radius 2 is 1.67 bits per heavy atom. The van der Waals surface area contributed by atoms with E-state index >= 15 is 0 Å². The molecule has 0 amide bonds.